The average Bonchev–Trinajstić information content (AvgIpc) is 3.33. The molecule has 6 atom stereocenters. The van der Waals surface area contributed by atoms with E-state index in [0.717, 1.165) is 61.6 Å². The first kappa shape index (κ1) is 29.4. The van der Waals surface area contributed by atoms with Gasteiger partial charge in [-0.05, 0) is 102 Å². The predicted octanol–water partition coefficient (Wildman–Crippen LogP) is 8.81. The number of ether oxygens (including phenoxy) is 1. The zero-order chi connectivity index (χ0) is 30.4. The van der Waals surface area contributed by atoms with Crippen LogP contribution in [0.4, 0.5) is 0 Å². The van der Waals surface area contributed by atoms with Crippen molar-refractivity contribution < 1.29 is 14.6 Å². The van der Waals surface area contributed by atoms with E-state index in [1.54, 1.807) is 0 Å². The normalized spacial score (nSPS) is 32.8. The molecule has 0 radical (unpaired) electrons. The number of hydrogen-bond acceptors (Lipinski definition) is 3. The molecule has 3 aromatic carbocycles. The molecule has 228 valence electrons. The fraction of sp³-hybridized carbons (Fsp3) is 0.439. The highest BCUT2D eigenvalue weighted by Gasteiger charge is 2.62. The Morgan fingerprint density at radius 3 is 1.95 bits per heavy atom. The summed E-state index contributed by atoms with van der Waals surface area (Å²) in [6.07, 6.45) is 13.8. The third-order valence-corrected chi connectivity index (χ3v) is 12.4. The molecule has 3 nitrogen and oxygen atoms in total. The van der Waals surface area contributed by atoms with Gasteiger partial charge in [-0.1, -0.05) is 117 Å². The Hall–Kier alpha value is -3.27. The maximum atomic E-state index is 12.4. The highest BCUT2D eigenvalue weighted by Crippen LogP contribution is 2.66. The molecule has 0 heterocycles. The summed E-state index contributed by atoms with van der Waals surface area (Å²) in [5.41, 5.74) is 3.10. The summed E-state index contributed by atoms with van der Waals surface area (Å²) < 4.78 is 7.07. The lowest BCUT2D eigenvalue weighted by Crippen LogP contribution is -2.53. The second-order valence-corrected chi connectivity index (χ2v) is 14.4. The number of fused-ring (bicyclic) bond motifs is 5. The SMILES string of the molecule is C[C@]12CCC(=O)C=C1C=C[C@@H]1[C@@H]2CC[C@@]2(C)[C@H]1CC[C@@]2(O)CCCOC(c1ccccc1)(c1ccccc1)c1ccccc1. The number of hydrogen-bond donors (Lipinski definition) is 1. The molecule has 0 unspecified atom stereocenters. The lowest BCUT2D eigenvalue weighted by atomic mass is 9.48. The van der Waals surface area contributed by atoms with Crippen LogP contribution in [-0.2, 0) is 15.1 Å². The lowest BCUT2D eigenvalue weighted by molar-refractivity contribution is -0.124. The number of aliphatic hydroxyl groups is 1. The van der Waals surface area contributed by atoms with E-state index >= 15 is 0 Å². The van der Waals surface area contributed by atoms with E-state index in [1.807, 2.05) is 6.08 Å². The summed E-state index contributed by atoms with van der Waals surface area (Å²) in [5, 5.41) is 12.4. The highest BCUT2D eigenvalue weighted by molar-refractivity contribution is 5.92. The molecule has 0 spiro atoms. The standard InChI is InChI=1S/C41H46O3/c1-38-25-21-34(42)29-33(38)19-20-35-36(38)22-26-39(2)37(35)23-27-40(39,43)24-12-28-44-41(30-13-6-3-7-14-30,31-15-8-4-9-16-31)32-17-10-5-11-18-32/h3-11,13-20,29,35-37,43H,12,21-28H2,1-2H3/t35-,36+,37+,38+,39+,40+/m1/s1. The molecule has 0 saturated heterocycles. The predicted molar refractivity (Wildman–Crippen MR) is 176 cm³/mol. The van der Waals surface area contributed by atoms with Gasteiger partial charge in [-0.2, -0.15) is 0 Å². The molecular formula is C41H46O3. The molecule has 0 aliphatic heterocycles. The summed E-state index contributed by atoms with van der Waals surface area (Å²) in [4.78, 5) is 12.2. The number of benzene rings is 3. The number of ketones is 1. The van der Waals surface area contributed by atoms with Crippen LogP contribution in [0.2, 0.25) is 0 Å². The quantitative estimate of drug-likeness (QED) is 0.212. The molecule has 0 bridgehead atoms. The molecule has 3 aromatic rings. The highest BCUT2D eigenvalue weighted by atomic mass is 16.5. The van der Waals surface area contributed by atoms with Crippen molar-refractivity contribution in [3.8, 4) is 0 Å². The van der Waals surface area contributed by atoms with Crippen LogP contribution in [0, 0.1) is 28.6 Å². The Bertz CT molecular complexity index is 1450. The maximum Gasteiger partial charge on any atom is 0.156 e. The second-order valence-electron chi connectivity index (χ2n) is 14.4. The van der Waals surface area contributed by atoms with Crippen LogP contribution in [0.3, 0.4) is 0 Å². The first-order valence-corrected chi connectivity index (χ1v) is 16.8. The Balaban J connectivity index is 1.12. The molecule has 4 aliphatic rings. The van der Waals surface area contributed by atoms with Gasteiger partial charge in [0.15, 0.2) is 5.78 Å². The molecule has 0 amide bonds. The van der Waals surface area contributed by atoms with Crippen LogP contribution >= 0.6 is 0 Å². The third-order valence-electron chi connectivity index (χ3n) is 12.4. The number of allylic oxidation sites excluding steroid dienone is 4. The van der Waals surface area contributed by atoms with Gasteiger partial charge in [0.25, 0.3) is 0 Å². The molecule has 7 rings (SSSR count). The van der Waals surface area contributed by atoms with Crippen LogP contribution in [0.5, 0.6) is 0 Å². The van der Waals surface area contributed by atoms with Crippen molar-refractivity contribution in [1.29, 1.82) is 0 Å². The second kappa shape index (κ2) is 11.3. The van der Waals surface area contributed by atoms with Crippen LogP contribution < -0.4 is 0 Å². The van der Waals surface area contributed by atoms with Gasteiger partial charge >= 0.3 is 0 Å². The fourth-order valence-corrected chi connectivity index (χ4v) is 9.88. The summed E-state index contributed by atoms with van der Waals surface area (Å²) in [5.74, 6) is 1.76. The van der Waals surface area contributed by atoms with E-state index in [9.17, 15) is 9.90 Å². The first-order chi connectivity index (χ1) is 21.3. The number of carbonyl (C=O) groups excluding carboxylic acids is 1. The van der Waals surface area contributed by atoms with Crippen molar-refractivity contribution in [3.63, 3.8) is 0 Å². The Morgan fingerprint density at radius 1 is 0.795 bits per heavy atom. The van der Waals surface area contributed by atoms with E-state index in [0.29, 0.717) is 30.8 Å². The monoisotopic (exact) mass is 586 g/mol. The molecule has 2 fully saturated rings. The molecule has 4 aliphatic carbocycles. The van der Waals surface area contributed by atoms with Gasteiger partial charge in [0.1, 0.15) is 5.60 Å². The number of rotatable bonds is 8. The average molecular weight is 587 g/mol. The summed E-state index contributed by atoms with van der Waals surface area (Å²) >= 11 is 0. The summed E-state index contributed by atoms with van der Waals surface area (Å²) in [6, 6.07) is 31.6. The minimum absolute atomic E-state index is 0.0822. The van der Waals surface area contributed by atoms with Crippen LogP contribution in [0.25, 0.3) is 0 Å². The van der Waals surface area contributed by atoms with Gasteiger partial charge in [-0.15, -0.1) is 0 Å². The fourth-order valence-electron chi connectivity index (χ4n) is 9.88. The van der Waals surface area contributed by atoms with E-state index in [1.165, 1.54) is 5.57 Å². The third kappa shape index (κ3) is 4.58. The van der Waals surface area contributed by atoms with Gasteiger partial charge in [-0.3, -0.25) is 4.79 Å². The minimum atomic E-state index is -0.735. The minimum Gasteiger partial charge on any atom is -0.389 e. The summed E-state index contributed by atoms with van der Waals surface area (Å²) in [7, 11) is 0. The van der Waals surface area contributed by atoms with Crippen molar-refractivity contribution in [2.24, 2.45) is 28.6 Å². The first-order valence-electron chi connectivity index (χ1n) is 16.8. The van der Waals surface area contributed by atoms with Gasteiger partial charge in [0.2, 0.25) is 0 Å². The molecule has 44 heavy (non-hydrogen) atoms. The van der Waals surface area contributed by atoms with Gasteiger partial charge in [-0.25, -0.2) is 0 Å². The molecule has 0 aromatic heterocycles. The van der Waals surface area contributed by atoms with Gasteiger partial charge < -0.3 is 9.84 Å². The molecule has 2 saturated carbocycles. The molecular weight excluding hydrogens is 540 g/mol. The van der Waals surface area contributed by atoms with Crippen molar-refractivity contribution in [1.82, 2.24) is 0 Å². The van der Waals surface area contributed by atoms with Crippen LogP contribution in [0.1, 0.15) is 81.9 Å². The van der Waals surface area contributed by atoms with Crippen molar-refractivity contribution >= 4 is 5.78 Å². The Labute approximate surface area is 263 Å². The van der Waals surface area contributed by atoms with E-state index in [2.05, 4.69) is 117 Å². The molecule has 1 N–H and O–H groups in total. The van der Waals surface area contributed by atoms with Gasteiger partial charge in [0.05, 0.1) is 5.60 Å². The largest absolute Gasteiger partial charge is 0.389 e. The topological polar surface area (TPSA) is 46.5 Å². The Morgan fingerprint density at radius 2 is 1.36 bits per heavy atom. The van der Waals surface area contributed by atoms with Crippen molar-refractivity contribution in [2.75, 3.05) is 6.61 Å². The van der Waals surface area contributed by atoms with Crippen LogP contribution in [0.15, 0.2) is 115 Å². The van der Waals surface area contributed by atoms with Crippen molar-refractivity contribution in [3.05, 3.63) is 131 Å². The summed E-state index contributed by atoms with van der Waals surface area (Å²) in [6.45, 7) is 5.32. The smallest absolute Gasteiger partial charge is 0.156 e. The van der Waals surface area contributed by atoms with Crippen molar-refractivity contribution in [2.45, 2.75) is 76.4 Å². The zero-order valence-electron chi connectivity index (χ0n) is 26.3. The van der Waals surface area contributed by atoms with Crippen LogP contribution in [-0.4, -0.2) is 23.1 Å². The van der Waals surface area contributed by atoms with Gasteiger partial charge in [0, 0.05) is 13.0 Å². The lowest BCUT2D eigenvalue weighted by Gasteiger charge is -2.57. The Kier molecular flexibility index (Phi) is 7.54. The maximum absolute atomic E-state index is 12.4. The van der Waals surface area contributed by atoms with E-state index in [4.69, 9.17) is 4.74 Å². The van der Waals surface area contributed by atoms with E-state index in [-0.39, 0.29) is 16.6 Å². The molecule has 3 heteroatoms. The zero-order valence-corrected chi connectivity index (χ0v) is 26.3. The van der Waals surface area contributed by atoms with E-state index < -0.39 is 11.2 Å². The number of carbonyl (C=O) groups is 1.